The number of amides is 2. The lowest BCUT2D eigenvalue weighted by atomic mass is 9.96. The number of rotatable bonds is 5. The molecule has 2 unspecified atom stereocenters. The molecule has 2 atom stereocenters. The van der Waals surface area contributed by atoms with Gasteiger partial charge in [0, 0.05) is 6.54 Å². The highest BCUT2D eigenvalue weighted by atomic mass is 16.6. The Morgan fingerprint density at radius 3 is 2.41 bits per heavy atom. The number of hydrogen-bond donors (Lipinski definition) is 1. The lowest BCUT2D eigenvalue weighted by molar-refractivity contribution is -0.131. The van der Waals surface area contributed by atoms with E-state index in [0.29, 0.717) is 13.0 Å². The molecular formula is C22H26N2O3. The number of likely N-dealkylation sites (tertiary alicyclic amines) is 1. The fourth-order valence-electron chi connectivity index (χ4n) is 3.47. The summed E-state index contributed by atoms with van der Waals surface area (Å²) < 4.78 is 5.45. The largest absolute Gasteiger partial charge is 0.445 e. The van der Waals surface area contributed by atoms with Crippen LogP contribution in [0.15, 0.2) is 60.7 Å². The van der Waals surface area contributed by atoms with E-state index in [1.54, 1.807) is 4.90 Å². The molecule has 1 fully saturated rings. The highest BCUT2D eigenvalue weighted by molar-refractivity contribution is 5.90. The van der Waals surface area contributed by atoms with Crippen molar-refractivity contribution in [1.82, 2.24) is 10.2 Å². The van der Waals surface area contributed by atoms with E-state index in [0.717, 1.165) is 17.5 Å². The average Bonchev–Trinajstić information content (AvgIpc) is 3.10. The van der Waals surface area contributed by atoms with Crippen LogP contribution in [0.4, 0.5) is 4.79 Å². The molecule has 1 aliphatic heterocycles. The van der Waals surface area contributed by atoms with Crippen LogP contribution < -0.4 is 5.32 Å². The topological polar surface area (TPSA) is 58.6 Å². The highest BCUT2D eigenvalue weighted by Crippen LogP contribution is 2.31. The van der Waals surface area contributed by atoms with Crippen LogP contribution in [0.3, 0.4) is 0 Å². The maximum Gasteiger partial charge on any atom is 0.410 e. The lowest BCUT2D eigenvalue weighted by Gasteiger charge is -2.34. The predicted octanol–water partition coefficient (Wildman–Crippen LogP) is 4.06. The fraction of sp³-hybridized carbons (Fsp3) is 0.364. The summed E-state index contributed by atoms with van der Waals surface area (Å²) in [4.78, 5) is 27.2. The van der Waals surface area contributed by atoms with Crippen molar-refractivity contribution in [3.05, 3.63) is 71.8 Å². The number of benzene rings is 2. The Balaban J connectivity index is 1.64. The van der Waals surface area contributed by atoms with Gasteiger partial charge in [-0.2, -0.15) is 0 Å². The molecule has 0 radical (unpaired) electrons. The van der Waals surface area contributed by atoms with Gasteiger partial charge in [0.2, 0.25) is 5.91 Å². The first-order chi connectivity index (χ1) is 13.0. The fourth-order valence-corrected chi connectivity index (χ4v) is 3.47. The van der Waals surface area contributed by atoms with Gasteiger partial charge in [0.15, 0.2) is 0 Å². The summed E-state index contributed by atoms with van der Waals surface area (Å²) in [6.45, 7) is 4.49. The maximum atomic E-state index is 13.0. The van der Waals surface area contributed by atoms with Crippen LogP contribution in [-0.2, 0) is 16.1 Å². The molecule has 0 bridgehead atoms. The van der Waals surface area contributed by atoms with Crippen LogP contribution in [0.2, 0.25) is 0 Å². The van der Waals surface area contributed by atoms with E-state index < -0.39 is 11.6 Å². The minimum Gasteiger partial charge on any atom is -0.445 e. The van der Waals surface area contributed by atoms with Crippen molar-refractivity contribution >= 4 is 12.0 Å². The molecule has 3 rings (SSSR count). The zero-order chi connectivity index (χ0) is 19.3. The van der Waals surface area contributed by atoms with Crippen LogP contribution in [0, 0.1) is 0 Å². The molecule has 2 aromatic rings. The van der Waals surface area contributed by atoms with E-state index in [1.165, 1.54) is 0 Å². The molecule has 2 amide bonds. The number of nitrogens with zero attached hydrogens (tertiary/aromatic N) is 1. The van der Waals surface area contributed by atoms with Gasteiger partial charge < -0.3 is 10.1 Å². The third-order valence-electron chi connectivity index (χ3n) is 5.20. The van der Waals surface area contributed by atoms with Crippen LogP contribution in [-0.4, -0.2) is 29.0 Å². The van der Waals surface area contributed by atoms with Crippen LogP contribution in [0.25, 0.3) is 0 Å². The van der Waals surface area contributed by atoms with E-state index in [1.807, 2.05) is 74.5 Å². The number of carbonyl (C=O) groups excluding carboxylic acids is 2. The molecular weight excluding hydrogens is 340 g/mol. The summed E-state index contributed by atoms with van der Waals surface area (Å²) in [5, 5.41) is 3.05. The number of nitrogens with one attached hydrogen (secondary N) is 1. The SMILES string of the molecule is CC(NC(=O)C1(C)CCCN1C(=O)OCc1ccccc1)c1ccccc1. The Morgan fingerprint density at radius 1 is 1.11 bits per heavy atom. The van der Waals surface area contributed by atoms with E-state index in [4.69, 9.17) is 4.74 Å². The van der Waals surface area contributed by atoms with E-state index >= 15 is 0 Å². The van der Waals surface area contributed by atoms with Crippen molar-refractivity contribution in [3.8, 4) is 0 Å². The number of carbonyl (C=O) groups is 2. The second-order valence-corrected chi connectivity index (χ2v) is 7.18. The van der Waals surface area contributed by atoms with Crippen LogP contribution in [0.5, 0.6) is 0 Å². The summed E-state index contributed by atoms with van der Waals surface area (Å²) in [7, 11) is 0. The average molecular weight is 366 g/mol. The maximum absolute atomic E-state index is 13.0. The van der Waals surface area contributed by atoms with Gasteiger partial charge in [-0.3, -0.25) is 9.69 Å². The van der Waals surface area contributed by atoms with Crippen molar-refractivity contribution in [3.63, 3.8) is 0 Å². The van der Waals surface area contributed by atoms with E-state index in [9.17, 15) is 9.59 Å². The third kappa shape index (κ3) is 4.30. The first-order valence-corrected chi connectivity index (χ1v) is 9.35. The van der Waals surface area contributed by atoms with Gasteiger partial charge in [-0.1, -0.05) is 60.7 Å². The number of ether oxygens (including phenoxy) is 1. The van der Waals surface area contributed by atoms with Crippen LogP contribution >= 0.6 is 0 Å². The first-order valence-electron chi connectivity index (χ1n) is 9.35. The van der Waals surface area contributed by atoms with Crippen molar-refractivity contribution in [2.45, 2.75) is 44.9 Å². The first kappa shape index (κ1) is 19.0. The Bertz CT molecular complexity index is 779. The Labute approximate surface area is 160 Å². The molecule has 5 nitrogen and oxygen atoms in total. The quantitative estimate of drug-likeness (QED) is 0.868. The van der Waals surface area contributed by atoms with E-state index in [2.05, 4.69) is 5.32 Å². The van der Waals surface area contributed by atoms with Gasteiger partial charge in [-0.05, 0) is 37.8 Å². The molecule has 142 valence electrons. The Hall–Kier alpha value is -2.82. The molecule has 2 aromatic carbocycles. The second kappa shape index (κ2) is 8.25. The summed E-state index contributed by atoms with van der Waals surface area (Å²) in [6.07, 6.45) is 0.964. The molecule has 1 aliphatic rings. The zero-order valence-electron chi connectivity index (χ0n) is 15.9. The zero-order valence-corrected chi connectivity index (χ0v) is 15.9. The highest BCUT2D eigenvalue weighted by Gasteiger charge is 2.46. The molecule has 0 aromatic heterocycles. The van der Waals surface area contributed by atoms with Gasteiger partial charge in [0.25, 0.3) is 0 Å². The molecule has 1 heterocycles. The van der Waals surface area contributed by atoms with Gasteiger partial charge in [0.05, 0.1) is 6.04 Å². The Kier molecular flexibility index (Phi) is 5.79. The van der Waals surface area contributed by atoms with Crippen molar-refractivity contribution in [1.29, 1.82) is 0 Å². The van der Waals surface area contributed by atoms with Gasteiger partial charge in [0.1, 0.15) is 12.1 Å². The molecule has 5 heteroatoms. The van der Waals surface area contributed by atoms with Crippen LogP contribution in [0.1, 0.15) is 43.9 Å². The monoisotopic (exact) mass is 366 g/mol. The molecule has 1 N–H and O–H groups in total. The summed E-state index contributed by atoms with van der Waals surface area (Å²) in [5.74, 6) is -0.145. The van der Waals surface area contributed by atoms with Gasteiger partial charge in [-0.25, -0.2) is 4.79 Å². The molecule has 1 saturated heterocycles. The summed E-state index contributed by atoms with van der Waals surface area (Å²) in [6, 6.07) is 19.2. The van der Waals surface area contributed by atoms with Crippen molar-refractivity contribution in [2.75, 3.05) is 6.54 Å². The Morgan fingerprint density at radius 2 is 1.74 bits per heavy atom. The van der Waals surface area contributed by atoms with Crippen molar-refractivity contribution < 1.29 is 14.3 Å². The second-order valence-electron chi connectivity index (χ2n) is 7.18. The standard InChI is InChI=1S/C22H26N2O3/c1-17(19-12-7-4-8-13-19)23-20(25)22(2)14-9-15-24(22)21(26)27-16-18-10-5-3-6-11-18/h3-8,10-13,17H,9,14-16H2,1-2H3,(H,23,25). The minimum absolute atomic E-state index is 0.127. The minimum atomic E-state index is -0.892. The van der Waals surface area contributed by atoms with Gasteiger partial charge >= 0.3 is 6.09 Å². The summed E-state index contributed by atoms with van der Waals surface area (Å²) in [5.41, 5.74) is 1.07. The number of hydrogen-bond acceptors (Lipinski definition) is 3. The molecule has 27 heavy (non-hydrogen) atoms. The summed E-state index contributed by atoms with van der Waals surface area (Å²) >= 11 is 0. The lowest BCUT2D eigenvalue weighted by Crippen LogP contribution is -2.55. The molecule has 0 saturated carbocycles. The van der Waals surface area contributed by atoms with Gasteiger partial charge in [-0.15, -0.1) is 0 Å². The van der Waals surface area contributed by atoms with E-state index in [-0.39, 0.29) is 18.6 Å². The molecule has 0 aliphatic carbocycles. The normalized spacial score (nSPS) is 20.1. The van der Waals surface area contributed by atoms with Crippen molar-refractivity contribution in [2.24, 2.45) is 0 Å². The predicted molar refractivity (Wildman–Crippen MR) is 104 cm³/mol. The third-order valence-corrected chi connectivity index (χ3v) is 5.20. The smallest absolute Gasteiger partial charge is 0.410 e. The molecule has 0 spiro atoms.